The van der Waals surface area contributed by atoms with Crippen molar-refractivity contribution in [2.75, 3.05) is 13.6 Å². The van der Waals surface area contributed by atoms with Crippen molar-refractivity contribution in [1.29, 1.82) is 0 Å². The SMILES string of the molecule is CC1NNC(C)C1CN(C)Cc1ccc(C(N)=O)cc1. The van der Waals surface area contributed by atoms with Crippen LogP contribution in [0.15, 0.2) is 24.3 Å². The van der Waals surface area contributed by atoms with Crippen LogP contribution in [0.2, 0.25) is 0 Å². The van der Waals surface area contributed by atoms with Gasteiger partial charge in [0.25, 0.3) is 0 Å². The van der Waals surface area contributed by atoms with Gasteiger partial charge in [0.2, 0.25) is 5.91 Å². The summed E-state index contributed by atoms with van der Waals surface area (Å²) in [5, 5.41) is 0. The molecule has 4 N–H and O–H groups in total. The predicted molar refractivity (Wildman–Crippen MR) is 80.0 cm³/mol. The number of benzene rings is 1. The van der Waals surface area contributed by atoms with E-state index in [0.29, 0.717) is 23.6 Å². The standard InChI is InChI=1S/C15H24N4O/c1-10-14(11(2)18-17-10)9-19(3)8-12-4-6-13(7-5-12)15(16)20/h4-7,10-11,14,17-18H,8-9H2,1-3H3,(H2,16,20). The summed E-state index contributed by atoms with van der Waals surface area (Å²) in [5.41, 5.74) is 13.6. The Morgan fingerprint density at radius 3 is 2.25 bits per heavy atom. The highest BCUT2D eigenvalue weighted by molar-refractivity contribution is 5.92. The summed E-state index contributed by atoms with van der Waals surface area (Å²) < 4.78 is 0. The van der Waals surface area contributed by atoms with Gasteiger partial charge in [-0.1, -0.05) is 12.1 Å². The van der Waals surface area contributed by atoms with E-state index in [-0.39, 0.29) is 5.91 Å². The van der Waals surface area contributed by atoms with Crippen molar-refractivity contribution >= 4 is 5.91 Å². The van der Waals surface area contributed by atoms with E-state index in [1.165, 1.54) is 5.56 Å². The van der Waals surface area contributed by atoms with Gasteiger partial charge in [0.15, 0.2) is 0 Å². The zero-order chi connectivity index (χ0) is 14.7. The molecule has 1 aromatic carbocycles. The number of primary amides is 1. The molecule has 2 atom stereocenters. The molecule has 0 bridgehead atoms. The summed E-state index contributed by atoms with van der Waals surface area (Å²) in [6.07, 6.45) is 0. The smallest absolute Gasteiger partial charge is 0.248 e. The van der Waals surface area contributed by atoms with Gasteiger partial charge in [-0.25, -0.2) is 0 Å². The second kappa shape index (κ2) is 6.35. The van der Waals surface area contributed by atoms with Crippen molar-refractivity contribution < 1.29 is 4.79 Å². The highest BCUT2D eigenvalue weighted by atomic mass is 16.1. The van der Waals surface area contributed by atoms with Gasteiger partial charge in [0.1, 0.15) is 0 Å². The number of hydrogen-bond acceptors (Lipinski definition) is 4. The topological polar surface area (TPSA) is 70.4 Å². The van der Waals surface area contributed by atoms with Gasteiger partial charge in [0, 0.05) is 36.7 Å². The maximum atomic E-state index is 11.0. The third-order valence-corrected chi connectivity index (χ3v) is 4.04. The summed E-state index contributed by atoms with van der Waals surface area (Å²) in [7, 11) is 2.12. The number of nitrogens with one attached hydrogen (secondary N) is 2. The van der Waals surface area contributed by atoms with E-state index < -0.39 is 0 Å². The molecule has 1 heterocycles. The van der Waals surface area contributed by atoms with Gasteiger partial charge < -0.3 is 10.6 Å². The Kier molecular flexibility index (Phi) is 4.75. The number of rotatable bonds is 5. The largest absolute Gasteiger partial charge is 0.366 e. The third-order valence-electron chi connectivity index (χ3n) is 4.04. The zero-order valence-electron chi connectivity index (χ0n) is 12.4. The Bertz CT molecular complexity index is 449. The summed E-state index contributed by atoms with van der Waals surface area (Å²) in [5.74, 6) is 0.209. The van der Waals surface area contributed by atoms with Crippen molar-refractivity contribution in [2.24, 2.45) is 11.7 Å². The summed E-state index contributed by atoms with van der Waals surface area (Å²) in [6.45, 7) is 6.31. The lowest BCUT2D eigenvalue weighted by molar-refractivity contribution is 0.100. The molecule has 20 heavy (non-hydrogen) atoms. The molecule has 2 rings (SSSR count). The van der Waals surface area contributed by atoms with Crippen molar-refractivity contribution in [1.82, 2.24) is 15.8 Å². The van der Waals surface area contributed by atoms with E-state index in [2.05, 4.69) is 36.6 Å². The van der Waals surface area contributed by atoms with Gasteiger partial charge >= 0.3 is 0 Å². The average molecular weight is 276 g/mol. The Morgan fingerprint density at radius 1 is 1.20 bits per heavy atom. The van der Waals surface area contributed by atoms with E-state index in [9.17, 15) is 4.79 Å². The molecule has 0 saturated carbocycles. The number of carbonyl (C=O) groups is 1. The van der Waals surface area contributed by atoms with Crippen LogP contribution in [0.4, 0.5) is 0 Å². The van der Waals surface area contributed by atoms with Crippen LogP contribution < -0.4 is 16.6 Å². The van der Waals surface area contributed by atoms with Crippen LogP contribution in [0.5, 0.6) is 0 Å². The van der Waals surface area contributed by atoms with Gasteiger partial charge in [-0.2, -0.15) is 0 Å². The average Bonchev–Trinajstić information content (AvgIpc) is 2.71. The highest BCUT2D eigenvalue weighted by Crippen LogP contribution is 2.16. The molecule has 0 aliphatic carbocycles. The fraction of sp³-hybridized carbons (Fsp3) is 0.533. The molecule has 1 saturated heterocycles. The first-order valence-corrected chi connectivity index (χ1v) is 7.05. The quantitative estimate of drug-likeness (QED) is 0.741. The molecule has 0 spiro atoms. The maximum absolute atomic E-state index is 11.0. The lowest BCUT2D eigenvalue weighted by Gasteiger charge is -2.25. The first kappa shape index (κ1) is 15.0. The van der Waals surface area contributed by atoms with Crippen LogP contribution in [0.3, 0.4) is 0 Å². The van der Waals surface area contributed by atoms with E-state index in [1.807, 2.05) is 12.1 Å². The number of nitrogens with two attached hydrogens (primary N) is 1. The lowest BCUT2D eigenvalue weighted by Crippen LogP contribution is -2.35. The van der Waals surface area contributed by atoms with Crippen LogP contribution in [0.25, 0.3) is 0 Å². The first-order valence-electron chi connectivity index (χ1n) is 7.05. The Labute approximate surface area is 120 Å². The second-order valence-electron chi connectivity index (χ2n) is 5.79. The number of nitrogens with zero attached hydrogens (tertiary/aromatic N) is 1. The molecule has 5 heteroatoms. The van der Waals surface area contributed by atoms with E-state index in [1.54, 1.807) is 12.1 Å². The van der Waals surface area contributed by atoms with Crippen molar-refractivity contribution in [3.63, 3.8) is 0 Å². The van der Waals surface area contributed by atoms with Gasteiger partial charge in [0.05, 0.1) is 0 Å². The van der Waals surface area contributed by atoms with Crippen molar-refractivity contribution in [2.45, 2.75) is 32.5 Å². The van der Waals surface area contributed by atoms with E-state index in [4.69, 9.17) is 5.73 Å². The van der Waals surface area contributed by atoms with E-state index >= 15 is 0 Å². The summed E-state index contributed by atoms with van der Waals surface area (Å²) >= 11 is 0. The molecule has 5 nitrogen and oxygen atoms in total. The molecule has 1 fully saturated rings. The monoisotopic (exact) mass is 276 g/mol. The Hall–Kier alpha value is -1.43. The lowest BCUT2D eigenvalue weighted by atomic mass is 9.96. The fourth-order valence-corrected chi connectivity index (χ4v) is 2.74. The minimum atomic E-state index is -0.379. The van der Waals surface area contributed by atoms with Crippen molar-refractivity contribution in [3.05, 3.63) is 35.4 Å². The minimum Gasteiger partial charge on any atom is -0.366 e. The first-order chi connectivity index (χ1) is 9.47. The number of hydrazine groups is 1. The molecule has 1 amide bonds. The molecule has 1 aliphatic rings. The fourth-order valence-electron chi connectivity index (χ4n) is 2.74. The predicted octanol–water partition coefficient (Wildman–Crippen LogP) is 0.718. The van der Waals surface area contributed by atoms with Gasteiger partial charge in [-0.05, 0) is 38.6 Å². The summed E-state index contributed by atoms with van der Waals surface area (Å²) in [6, 6.07) is 8.46. The van der Waals surface area contributed by atoms with Crippen LogP contribution in [-0.2, 0) is 6.54 Å². The molecule has 110 valence electrons. The van der Waals surface area contributed by atoms with Crippen LogP contribution in [-0.4, -0.2) is 36.5 Å². The molecular formula is C15H24N4O. The second-order valence-corrected chi connectivity index (χ2v) is 5.79. The van der Waals surface area contributed by atoms with Crippen LogP contribution >= 0.6 is 0 Å². The van der Waals surface area contributed by atoms with Crippen LogP contribution in [0.1, 0.15) is 29.8 Å². The molecule has 0 radical (unpaired) electrons. The molecule has 0 aromatic heterocycles. The normalized spacial score (nSPS) is 26.1. The minimum absolute atomic E-state index is 0.379. The molecule has 2 unspecified atom stereocenters. The Balaban J connectivity index is 1.90. The highest BCUT2D eigenvalue weighted by Gasteiger charge is 2.30. The Morgan fingerprint density at radius 2 is 1.75 bits per heavy atom. The summed E-state index contributed by atoms with van der Waals surface area (Å²) in [4.78, 5) is 13.3. The van der Waals surface area contributed by atoms with Gasteiger partial charge in [-0.15, -0.1) is 0 Å². The van der Waals surface area contributed by atoms with Gasteiger partial charge in [-0.3, -0.25) is 15.6 Å². The number of hydrogen-bond donors (Lipinski definition) is 3. The zero-order valence-corrected chi connectivity index (χ0v) is 12.4. The van der Waals surface area contributed by atoms with Crippen LogP contribution in [0, 0.1) is 5.92 Å². The maximum Gasteiger partial charge on any atom is 0.248 e. The molecule has 1 aliphatic heterocycles. The third kappa shape index (κ3) is 3.56. The number of amides is 1. The van der Waals surface area contributed by atoms with E-state index in [0.717, 1.165) is 13.1 Å². The number of carbonyl (C=O) groups excluding carboxylic acids is 1. The molecular weight excluding hydrogens is 252 g/mol. The van der Waals surface area contributed by atoms with Crippen molar-refractivity contribution in [3.8, 4) is 0 Å². The molecule has 1 aromatic rings.